The van der Waals surface area contributed by atoms with E-state index in [1.165, 1.54) is 13.2 Å². The molecule has 1 aliphatic rings. The Labute approximate surface area is 176 Å². The number of nitriles is 1. The van der Waals surface area contributed by atoms with E-state index in [0.717, 1.165) is 12.8 Å². The molecule has 1 fully saturated rings. The van der Waals surface area contributed by atoms with E-state index in [0.29, 0.717) is 24.7 Å². The van der Waals surface area contributed by atoms with Crippen LogP contribution in [0.4, 0.5) is 10.5 Å². The Morgan fingerprint density at radius 2 is 1.93 bits per heavy atom. The lowest BCUT2D eigenvalue weighted by atomic mass is 9.90. The van der Waals surface area contributed by atoms with Crippen LogP contribution in [-0.4, -0.2) is 48.8 Å². The predicted octanol–water partition coefficient (Wildman–Crippen LogP) is 4.45. The topological polar surface area (TPSA) is 91.7 Å². The highest BCUT2D eigenvalue weighted by molar-refractivity contribution is 6.34. The quantitative estimate of drug-likeness (QED) is 0.722. The smallest absolute Gasteiger partial charge is 0.410 e. The van der Waals surface area contributed by atoms with Gasteiger partial charge in [-0.1, -0.05) is 11.6 Å². The van der Waals surface area contributed by atoms with E-state index in [1.54, 1.807) is 11.0 Å². The van der Waals surface area contributed by atoms with Crippen molar-refractivity contribution in [3.8, 4) is 6.07 Å². The fraction of sp³-hybridized carbons (Fsp3) is 0.571. The van der Waals surface area contributed by atoms with Gasteiger partial charge in [0.2, 0.25) is 0 Å². The van der Waals surface area contributed by atoms with Gasteiger partial charge in [0.15, 0.2) is 0 Å². The number of carbonyl (C=O) groups is 2. The number of anilines is 1. The van der Waals surface area contributed by atoms with Gasteiger partial charge in [0.05, 0.1) is 28.9 Å². The first kappa shape index (κ1) is 22.8. The van der Waals surface area contributed by atoms with Gasteiger partial charge < -0.3 is 19.7 Å². The van der Waals surface area contributed by atoms with Crippen LogP contribution in [0.25, 0.3) is 0 Å². The van der Waals surface area contributed by atoms with E-state index in [1.807, 2.05) is 33.8 Å². The van der Waals surface area contributed by atoms with Crippen LogP contribution in [0, 0.1) is 17.2 Å². The van der Waals surface area contributed by atoms with Gasteiger partial charge in [-0.15, -0.1) is 0 Å². The SMILES string of the molecule is COC(=O)c1cc(C#N)c(Cl)c(N[C@@H](C)C2CCN(C(=O)OC(C)(C)C)CC2)c1. The largest absolute Gasteiger partial charge is 0.465 e. The number of ether oxygens (including phenoxy) is 2. The van der Waals surface area contributed by atoms with Gasteiger partial charge in [-0.25, -0.2) is 9.59 Å². The number of amides is 1. The second-order valence-electron chi connectivity index (χ2n) is 8.23. The first-order chi connectivity index (χ1) is 13.6. The fourth-order valence-electron chi connectivity index (χ4n) is 3.32. The molecule has 0 unspecified atom stereocenters. The van der Waals surface area contributed by atoms with E-state index in [2.05, 4.69) is 5.32 Å². The lowest BCUT2D eigenvalue weighted by Gasteiger charge is -2.36. The zero-order valence-electron chi connectivity index (χ0n) is 17.5. The molecule has 2 rings (SSSR count). The molecule has 1 saturated heterocycles. The molecule has 29 heavy (non-hydrogen) atoms. The normalized spacial score (nSPS) is 16.0. The first-order valence-corrected chi connectivity index (χ1v) is 10.00. The molecule has 0 saturated carbocycles. The molecule has 1 aliphatic heterocycles. The van der Waals surface area contributed by atoms with Crippen molar-refractivity contribution in [3.63, 3.8) is 0 Å². The van der Waals surface area contributed by atoms with E-state index >= 15 is 0 Å². The van der Waals surface area contributed by atoms with Crippen LogP contribution < -0.4 is 5.32 Å². The fourth-order valence-corrected chi connectivity index (χ4v) is 3.52. The molecular weight excluding hydrogens is 394 g/mol. The van der Waals surface area contributed by atoms with Crippen LogP contribution in [0.1, 0.15) is 56.5 Å². The molecule has 0 bridgehead atoms. The number of carbonyl (C=O) groups excluding carboxylic acids is 2. The third-order valence-electron chi connectivity index (χ3n) is 4.90. The average molecular weight is 422 g/mol. The van der Waals surface area contributed by atoms with Gasteiger partial charge >= 0.3 is 12.1 Å². The summed E-state index contributed by atoms with van der Waals surface area (Å²) < 4.78 is 10.2. The van der Waals surface area contributed by atoms with E-state index in [4.69, 9.17) is 21.1 Å². The molecule has 1 N–H and O–H groups in total. The number of rotatable bonds is 4. The lowest BCUT2D eigenvalue weighted by Crippen LogP contribution is -2.44. The van der Waals surface area contributed by atoms with Crippen molar-refractivity contribution in [2.24, 2.45) is 5.92 Å². The van der Waals surface area contributed by atoms with Gasteiger partial charge in [-0.2, -0.15) is 5.26 Å². The number of likely N-dealkylation sites (tertiary alicyclic amines) is 1. The summed E-state index contributed by atoms with van der Waals surface area (Å²) in [6, 6.07) is 5.06. The van der Waals surface area contributed by atoms with Crippen LogP contribution in [0.3, 0.4) is 0 Å². The number of hydrogen-bond donors (Lipinski definition) is 1. The highest BCUT2D eigenvalue weighted by Gasteiger charge is 2.29. The van der Waals surface area contributed by atoms with Crippen molar-refractivity contribution in [1.82, 2.24) is 4.90 Å². The molecule has 1 amide bonds. The van der Waals surface area contributed by atoms with Crippen molar-refractivity contribution < 1.29 is 19.1 Å². The zero-order valence-corrected chi connectivity index (χ0v) is 18.3. The number of nitrogens with one attached hydrogen (secondary N) is 1. The molecule has 1 atom stereocenters. The maximum absolute atomic E-state index is 12.2. The molecule has 0 spiro atoms. The Bertz CT molecular complexity index is 805. The molecule has 158 valence electrons. The van der Waals surface area contributed by atoms with Gasteiger partial charge in [-0.05, 0) is 58.6 Å². The average Bonchev–Trinajstić information content (AvgIpc) is 2.67. The number of methoxy groups -OCH3 is 1. The Balaban J connectivity index is 2.05. The second-order valence-corrected chi connectivity index (χ2v) is 8.60. The van der Waals surface area contributed by atoms with Crippen molar-refractivity contribution in [2.75, 3.05) is 25.5 Å². The number of benzene rings is 1. The van der Waals surface area contributed by atoms with E-state index in [9.17, 15) is 14.9 Å². The van der Waals surface area contributed by atoms with Crippen LogP contribution in [0.5, 0.6) is 0 Å². The van der Waals surface area contributed by atoms with Gasteiger partial charge in [0.1, 0.15) is 11.7 Å². The molecule has 1 aromatic rings. The molecule has 8 heteroatoms. The molecule has 0 radical (unpaired) electrons. The number of hydrogen-bond acceptors (Lipinski definition) is 6. The first-order valence-electron chi connectivity index (χ1n) is 9.62. The minimum atomic E-state index is -0.528. The molecule has 0 aromatic heterocycles. The molecular formula is C21H28ClN3O4. The summed E-state index contributed by atoms with van der Waals surface area (Å²) in [4.78, 5) is 25.8. The van der Waals surface area contributed by atoms with Crippen molar-refractivity contribution in [2.45, 2.75) is 52.2 Å². The summed E-state index contributed by atoms with van der Waals surface area (Å²) in [6.45, 7) is 8.82. The lowest BCUT2D eigenvalue weighted by molar-refractivity contribution is 0.0179. The standard InChI is InChI=1S/C21H28ClN3O4/c1-13(14-6-8-25(9-7-14)20(27)29-21(2,3)4)24-17-11-15(19(26)28-5)10-16(12-23)18(17)22/h10-11,13-14,24H,6-9H2,1-5H3/t13-/m0/s1. The predicted molar refractivity (Wildman–Crippen MR) is 111 cm³/mol. The molecule has 1 heterocycles. The number of nitrogens with zero attached hydrogens (tertiary/aromatic N) is 2. The minimum Gasteiger partial charge on any atom is -0.465 e. The van der Waals surface area contributed by atoms with Gasteiger partial charge in [0, 0.05) is 19.1 Å². The second kappa shape index (κ2) is 9.36. The summed E-state index contributed by atoms with van der Waals surface area (Å²) in [5.74, 6) is -0.225. The third kappa shape index (κ3) is 6.01. The minimum absolute atomic E-state index is 0.0349. The number of piperidine rings is 1. The summed E-state index contributed by atoms with van der Waals surface area (Å²) in [7, 11) is 1.29. The Hall–Kier alpha value is -2.46. The zero-order chi connectivity index (χ0) is 21.8. The Kier molecular flexibility index (Phi) is 7.37. The summed E-state index contributed by atoms with van der Waals surface area (Å²) in [5.41, 5.74) is 0.489. The third-order valence-corrected chi connectivity index (χ3v) is 5.30. The summed E-state index contributed by atoms with van der Waals surface area (Å²) in [5, 5.41) is 12.9. The van der Waals surface area contributed by atoms with Crippen LogP contribution in [0.15, 0.2) is 12.1 Å². The van der Waals surface area contributed by atoms with Crippen molar-refractivity contribution >= 4 is 29.4 Å². The number of halogens is 1. The summed E-state index contributed by atoms with van der Waals surface area (Å²) >= 11 is 6.33. The van der Waals surface area contributed by atoms with Crippen LogP contribution >= 0.6 is 11.6 Å². The van der Waals surface area contributed by atoms with E-state index in [-0.39, 0.29) is 28.3 Å². The Morgan fingerprint density at radius 1 is 1.31 bits per heavy atom. The maximum atomic E-state index is 12.2. The summed E-state index contributed by atoms with van der Waals surface area (Å²) in [6.07, 6.45) is 1.34. The monoisotopic (exact) mass is 421 g/mol. The Morgan fingerprint density at radius 3 is 2.45 bits per heavy atom. The highest BCUT2D eigenvalue weighted by Crippen LogP contribution is 2.31. The van der Waals surface area contributed by atoms with Crippen molar-refractivity contribution in [3.05, 3.63) is 28.3 Å². The molecule has 7 nitrogen and oxygen atoms in total. The van der Waals surface area contributed by atoms with Crippen LogP contribution in [0.2, 0.25) is 5.02 Å². The van der Waals surface area contributed by atoms with Crippen molar-refractivity contribution in [1.29, 1.82) is 5.26 Å². The maximum Gasteiger partial charge on any atom is 0.410 e. The number of esters is 1. The van der Waals surface area contributed by atoms with Crippen LogP contribution in [-0.2, 0) is 9.47 Å². The van der Waals surface area contributed by atoms with Gasteiger partial charge in [-0.3, -0.25) is 0 Å². The molecule has 0 aliphatic carbocycles. The highest BCUT2D eigenvalue weighted by atomic mass is 35.5. The molecule has 1 aromatic carbocycles. The van der Waals surface area contributed by atoms with Gasteiger partial charge in [0.25, 0.3) is 0 Å². The van der Waals surface area contributed by atoms with E-state index < -0.39 is 11.6 Å².